The van der Waals surface area contributed by atoms with Crippen molar-refractivity contribution in [2.45, 2.75) is 24.3 Å². The Morgan fingerprint density at radius 3 is 2.78 bits per heavy atom. The summed E-state index contributed by atoms with van der Waals surface area (Å²) >= 11 is 0. The number of aromatic amines is 1. The molecule has 3 aromatic rings. The summed E-state index contributed by atoms with van der Waals surface area (Å²) in [5, 5.41) is 6.94. The van der Waals surface area contributed by atoms with E-state index in [1.807, 2.05) is 14.0 Å². The molecule has 2 heterocycles. The van der Waals surface area contributed by atoms with Crippen LogP contribution in [0.25, 0.3) is 11.6 Å². The minimum Gasteiger partial charge on any atom is -0.356 e. The predicted octanol–water partition coefficient (Wildman–Crippen LogP) is 2.58. The summed E-state index contributed by atoms with van der Waals surface area (Å²) in [5.74, 6) is 0.0213. The first kappa shape index (κ1) is 20.9. The predicted molar refractivity (Wildman–Crippen MR) is 101 cm³/mol. The number of likely N-dealkylation sites (N-methyl/N-ethyl adjacent to an activating group) is 1. The maximum Gasteiger partial charge on any atom is 0.274 e. The van der Waals surface area contributed by atoms with Crippen LogP contribution >= 0.6 is 12.4 Å². The zero-order chi connectivity index (χ0) is 18.7. The van der Waals surface area contributed by atoms with Gasteiger partial charge in [0.05, 0.1) is 5.69 Å². The number of sulfonamides is 1. The number of nitrogens with one attached hydrogen (secondary N) is 3. The van der Waals surface area contributed by atoms with Crippen molar-refractivity contribution in [3.05, 3.63) is 48.2 Å². The Bertz CT molecular complexity index is 1000. The molecule has 0 fully saturated rings. The standard InChI is InChI=1S/C16H18FN5O3S.ClH/c1-10(18-2)7-15-20-16(25-21-15)14-8-11(9-19-14)26(23,24)22-13-6-4-3-5-12(13)17;/h3-6,8-10,18-19,22H,7H2,1-2H3;1H. The SMILES string of the molecule is CNC(C)Cc1noc(-c2cc(S(=O)(=O)Nc3ccccc3F)c[nH]2)n1.Cl. The summed E-state index contributed by atoms with van der Waals surface area (Å²) in [5.41, 5.74) is 0.228. The van der Waals surface area contributed by atoms with E-state index in [0.29, 0.717) is 17.9 Å². The van der Waals surface area contributed by atoms with E-state index in [1.165, 1.54) is 36.5 Å². The first-order valence-corrected chi connectivity index (χ1v) is 9.33. The molecule has 0 saturated heterocycles. The van der Waals surface area contributed by atoms with Gasteiger partial charge in [0.1, 0.15) is 16.4 Å². The van der Waals surface area contributed by atoms with Gasteiger partial charge in [0.25, 0.3) is 15.9 Å². The average molecular weight is 416 g/mol. The second-order valence-electron chi connectivity index (χ2n) is 5.74. The molecule has 2 aromatic heterocycles. The Morgan fingerprint density at radius 1 is 1.33 bits per heavy atom. The maximum absolute atomic E-state index is 13.7. The zero-order valence-electron chi connectivity index (χ0n) is 14.6. The third-order valence-electron chi connectivity index (χ3n) is 3.77. The number of anilines is 1. The van der Waals surface area contributed by atoms with Crippen LogP contribution in [-0.2, 0) is 16.4 Å². The number of benzene rings is 1. The summed E-state index contributed by atoms with van der Waals surface area (Å²) in [4.78, 5) is 6.95. The number of rotatable bonds is 7. The first-order chi connectivity index (χ1) is 12.4. The van der Waals surface area contributed by atoms with E-state index in [1.54, 1.807) is 0 Å². The van der Waals surface area contributed by atoms with Crippen molar-refractivity contribution in [1.82, 2.24) is 20.4 Å². The quantitative estimate of drug-likeness (QED) is 0.546. The van der Waals surface area contributed by atoms with Gasteiger partial charge in [0.2, 0.25) is 0 Å². The molecule has 1 atom stereocenters. The third-order valence-corrected chi connectivity index (χ3v) is 5.11. The highest BCUT2D eigenvalue weighted by molar-refractivity contribution is 7.92. The van der Waals surface area contributed by atoms with Crippen LogP contribution in [0.2, 0.25) is 0 Å². The van der Waals surface area contributed by atoms with Crippen molar-refractivity contribution in [2.24, 2.45) is 0 Å². The molecule has 0 radical (unpaired) electrons. The number of aromatic nitrogens is 3. The fraction of sp³-hybridized carbons (Fsp3) is 0.250. The number of halogens is 2. The smallest absolute Gasteiger partial charge is 0.274 e. The summed E-state index contributed by atoms with van der Waals surface area (Å²) in [6.45, 7) is 1.98. The largest absolute Gasteiger partial charge is 0.356 e. The molecular weight excluding hydrogens is 397 g/mol. The molecular formula is C16H19ClFN5O3S. The van der Waals surface area contributed by atoms with Crippen LogP contribution in [0.3, 0.4) is 0 Å². The number of H-pyrrole nitrogens is 1. The highest BCUT2D eigenvalue weighted by atomic mass is 35.5. The summed E-state index contributed by atoms with van der Waals surface area (Å²) in [6, 6.07) is 7.05. The van der Waals surface area contributed by atoms with Gasteiger partial charge >= 0.3 is 0 Å². The molecule has 0 amide bonds. The monoisotopic (exact) mass is 415 g/mol. The minimum atomic E-state index is -3.96. The zero-order valence-corrected chi connectivity index (χ0v) is 16.2. The van der Waals surface area contributed by atoms with E-state index in [9.17, 15) is 12.8 Å². The summed E-state index contributed by atoms with van der Waals surface area (Å²) in [6.07, 6.45) is 1.85. The van der Waals surface area contributed by atoms with E-state index in [2.05, 4.69) is 25.2 Å². The number of hydrogen-bond donors (Lipinski definition) is 3. The van der Waals surface area contributed by atoms with Crippen LogP contribution in [0.15, 0.2) is 45.9 Å². The van der Waals surface area contributed by atoms with Crippen LogP contribution in [0, 0.1) is 5.82 Å². The second-order valence-corrected chi connectivity index (χ2v) is 7.43. The van der Waals surface area contributed by atoms with E-state index < -0.39 is 15.8 Å². The topological polar surface area (TPSA) is 113 Å². The van der Waals surface area contributed by atoms with E-state index in [4.69, 9.17) is 4.52 Å². The Balaban J connectivity index is 0.00000261. The molecule has 8 nitrogen and oxygen atoms in total. The van der Waals surface area contributed by atoms with Crippen molar-refractivity contribution in [2.75, 3.05) is 11.8 Å². The first-order valence-electron chi connectivity index (χ1n) is 7.85. The molecule has 3 N–H and O–H groups in total. The highest BCUT2D eigenvalue weighted by Crippen LogP contribution is 2.23. The van der Waals surface area contributed by atoms with Gasteiger partial charge in [0.15, 0.2) is 5.82 Å². The maximum atomic E-state index is 13.7. The van der Waals surface area contributed by atoms with Crippen LogP contribution in [-0.4, -0.2) is 36.6 Å². The molecule has 146 valence electrons. The van der Waals surface area contributed by atoms with Crippen molar-refractivity contribution < 1.29 is 17.3 Å². The van der Waals surface area contributed by atoms with Gasteiger partial charge in [-0.1, -0.05) is 17.3 Å². The molecule has 3 rings (SSSR count). The molecule has 0 aliphatic rings. The Labute approximate surface area is 162 Å². The lowest BCUT2D eigenvalue weighted by Crippen LogP contribution is -2.24. The van der Waals surface area contributed by atoms with Crippen molar-refractivity contribution in [1.29, 1.82) is 0 Å². The fourth-order valence-electron chi connectivity index (χ4n) is 2.22. The lowest BCUT2D eigenvalue weighted by atomic mass is 10.2. The molecule has 11 heteroatoms. The lowest BCUT2D eigenvalue weighted by molar-refractivity contribution is 0.417. The molecule has 27 heavy (non-hydrogen) atoms. The average Bonchev–Trinajstić information content (AvgIpc) is 3.26. The summed E-state index contributed by atoms with van der Waals surface area (Å²) < 4.78 is 45.9. The van der Waals surface area contributed by atoms with Gasteiger partial charge in [-0.3, -0.25) is 4.72 Å². The molecule has 0 aliphatic heterocycles. The fourth-order valence-corrected chi connectivity index (χ4v) is 3.28. The lowest BCUT2D eigenvalue weighted by Gasteiger charge is -2.06. The molecule has 1 aromatic carbocycles. The normalized spacial score (nSPS) is 12.4. The Morgan fingerprint density at radius 2 is 2.07 bits per heavy atom. The van der Waals surface area contributed by atoms with E-state index in [0.717, 1.165) is 0 Å². The van der Waals surface area contributed by atoms with E-state index in [-0.39, 0.29) is 34.9 Å². The van der Waals surface area contributed by atoms with Gasteiger partial charge in [0, 0.05) is 18.7 Å². The molecule has 1 unspecified atom stereocenters. The number of nitrogens with zero attached hydrogens (tertiary/aromatic N) is 2. The third kappa shape index (κ3) is 4.85. The van der Waals surface area contributed by atoms with Crippen LogP contribution in [0.1, 0.15) is 12.7 Å². The molecule has 0 spiro atoms. The van der Waals surface area contributed by atoms with Crippen molar-refractivity contribution >= 4 is 28.1 Å². The second kappa shape index (κ2) is 8.51. The van der Waals surface area contributed by atoms with Crippen LogP contribution in [0.4, 0.5) is 10.1 Å². The van der Waals surface area contributed by atoms with E-state index >= 15 is 0 Å². The van der Waals surface area contributed by atoms with Gasteiger partial charge in [-0.25, -0.2) is 12.8 Å². The Kier molecular flexibility index (Phi) is 6.58. The van der Waals surface area contributed by atoms with Gasteiger partial charge in [-0.15, -0.1) is 12.4 Å². The van der Waals surface area contributed by atoms with Crippen LogP contribution in [0.5, 0.6) is 0 Å². The molecule has 0 aliphatic carbocycles. The molecule has 0 saturated carbocycles. The molecule has 0 bridgehead atoms. The Hall–Kier alpha value is -2.43. The van der Waals surface area contributed by atoms with Gasteiger partial charge in [-0.2, -0.15) is 4.98 Å². The number of hydrogen-bond acceptors (Lipinski definition) is 6. The number of para-hydroxylation sites is 1. The summed E-state index contributed by atoms with van der Waals surface area (Å²) in [7, 11) is -2.13. The van der Waals surface area contributed by atoms with Gasteiger partial charge in [-0.05, 0) is 32.2 Å². The van der Waals surface area contributed by atoms with Crippen molar-refractivity contribution in [3.8, 4) is 11.6 Å². The van der Waals surface area contributed by atoms with Gasteiger partial charge < -0.3 is 14.8 Å². The minimum absolute atomic E-state index is 0. The van der Waals surface area contributed by atoms with Crippen LogP contribution < -0.4 is 10.0 Å². The van der Waals surface area contributed by atoms with Crippen molar-refractivity contribution in [3.63, 3.8) is 0 Å². The highest BCUT2D eigenvalue weighted by Gasteiger charge is 2.20.